The number of rotatable bonds is 12. The van der Waals surface area contributed by atoms with E-state index in [0.29, 0.717) is 5.56 Å². The summed E-state index contributed by atoms with van der Waals surface area (Å²) in [6.45, 7) is -1.06. The highest BCUT2D eigenvalue weighted by Crippen LogP contribution is 2.39. The predicted molar refractivity (Wildman–Crippen MR) is 190 cm³/mol. The molecule has 0 spiro atoms. The van der Waals surface area contributed by atoms with E-state index >= 15 is 0 Å². The van der Waals surface area contributed by atoms with Gasteiger partial charge in [-0.1, -0.05) is 0 Å². The molecule has 19 heteroatoms. The van der Waals surface area contributed by atoms with Gasteiger partial charge in [0.2, 0.25) is 17.5 Å². The van der Waals surface area contributed by atoms with Crippen molar-refractivity contribution in [2.45, 2.75) is 55.3 Å². The molecular weight excluding hydrogens is 748 g/mol. The van der Waals surface area contributed by atoms with E-state index in [-0.39, 0.29) is 56.4 Å². The van der Waals surface area contributed by atoms with E-state index in [2.05, 4.69) is 0 Å². The minimum absolute atomic E-state index is 0.000248. The highest BCUT2D eigenvalue weighted by Gasteiger charge is 2.47. The number of aliphatic hydroxyl groups is 5. The molecule has 302 valence electrons. The Bertz CT molecular complexity index is 2120. The topological polar surface area (TPSA) is 272 Å². The molecule has 0 bridgehead atoms. The highest BCUT2D eigenvalue weighted by molar-refractivity contribution is 5.97. The Morgan fingerprint density at radius 1 is 0.768 bits per heavy atom. The fraction of sp³-hybridized carbons (Fsp3) is 0.405. The van der Waals surface area contributed by atoms with E-state index in [9.17, 15) is 45.3 Å². The molecule has 9 atom stereocenters. The third kappa shape index (κ3) is 7.84. The lowest BCUT2D eigenvalue weighted by Gasteiger charge is -2.41. The van der Waals surface area contributed by atoms with Gasteiger partial charge in [-0.25, -0.2) is 4.79 Å². The molecule has 0 aliphatic carbocycles. The van der Waals surface area contributed by atoms with Crippen LogP contribution in [0.5, 0.6) is 40.2 Å². The van der Waals surface area contributed by atoms with E-state index in [4.69, 9.17) is 47.0 Å². The lowest BCUT2D eigenvalue weighted by Crippen LogP contribution is -2.61. The second-order valence-electron chi connectivity index (χ2n) is 12.7. The zero-order chi connectivity index (χ0) is 40.4. The minimum Gasteiger partial charge on any atom is -0.504 e. The maximum Gasteiger partial charge on any atom is 0.331 e. The molecule has 2 fully saturated rings. The summed E-state index contributed by atoms with van der Waals surface area (Å²) in [6.07, 6.45) is -12.8. The van der Waals surface area contributed by atoms with Crippen LogP contribution in [-0.2, 0) is 23.7 Å². The van der Waals surface area contributed by atoms with Gasteiger partial charge < -0.3 is 82.8 Å². The van der Waals surface area contributed by atoms with Gasteiger partial charge in [-0.3, -0.25) is 4.79 Å². The second kappa shape index (κ2) is 16.8. The zero-order valence-corrected chi connectivity index (χ0v) is 30.3. The van der Waals surface area contributed by atoms with Crippen LogP contribution in [0.4, 0.5) is 0 Å². The molecule has 7 N–H and O–H groups in total. The first-order valence-corrected chi connectivity index (χ1v) is 16.9. The number of hydrogen-bond acceptors (Lipinski definition) is 19. The first kappa shape index (κ1) is 40.3. The van der Waals surface area contributed by atoms with Crippen LogP contribution < -0.4 is 29.1 Å². The average Bonchev–Trinajstić information content (AvgIpc) is 3.19. The summed E-state index contributed by atoms with van der Waals surface area (Å²) in [4.78, 5) is 26.7. The summed E-state index contributed by atoms with van der Waals surface area (Å²) in [5.41, 5.74) is -0.377. The summed E-state index contributed by atoms with van der Waals surface area (Å²) in [5, 5.41) is 74.0. The molecule has 0 radical (unpaired) electrons. The molecule has 2 aliphatic rings. The molecule has 0 amide bonds. The van der Waals surface area contributed by atoms with Crippen molar-refractivity contribution in [3.8, 4) is 40.2 Å². The number of aromatic hydroxyl groups is 2. The van der Waals surface area contributed by atoms with Crippen molar-refractivity contribution in [1.29, 1.82) is 0 Å². The van der Waals surface area contributed by atoms with Crippen molar-refractivity contribution in [2.24, 2.45) is 0 Å². The lowest BCUT2D eigenvalue weighted by atomic mass is 9.99. The molecule has 0 unspecified atom stereocenters. The first-order chi connectivity index (χ1) is 26.8. The Kier molecular flexibility index (Phi) is 12.1. The third-order valence-corrected chi connectivity index (χ3v) is 9.20. The van der Waals surface area contributed by atoms with Gasteiger partial charge in [-0.05, 0) is 35.9 Å². The molecule has 0 saturated carbocycles. The second-order valence-corrected chi connectivity index (χ2v) is 12.7. The molecule has 4 aromatic rings. The van der Waals surface area contributed by atoms with Crippen LogP contribution in [0, 0.1) is 0 Å². The SMILES string of the molecule is COc1cc(O[C@H]2O[C@@H](CO[C@H]3OC[C@H](O)[C@@H](O)[C@@H]3OC(=O)C=Cc3cc(OC)c(O)c(OC)c3)[C@H](O)[C@@H](O)[C@@H]2O)c2c(=O)c3c(O)c(OC)ccc3oc2c1. The van der Waals surface area contributed by atoms with Crippen LogP contribution in [0.25, 0.3) is 28.0 Å². The Morgan fingerprint density at radius 3 is 2.12 bits per heavy atom. The Hall–Kier alpha value is -5.38. The number of phenols is 2. The van der Waals surface area contributed by atoms with Crippen molar-refractivity contribution in [3.05, 3.63) is 58.3 Å². The van der Waals surface area contributed by atoms with Crippen LogP contribution in [0.1, 0.15) is 5.56 Å². The van der Waals surface area contributed by atoms with E-state index < -0.39 is 85.7 Å². The van der Waals surface area contributed by atoms with Gasteiger partial charge in [0.15, 0.2) is 35.4 Å². The van der Waals surface area contributed by atoms with E-state index in [0.717, 1.165) is 6.08 Å². The third-order valence-electron chi connectivity index (χ3n) is 9.20. The van der Waals surface area contributed by atoms with Gasteiger partial charge in [-0.15, -0.1) is 0 Å². The van der Waals surface area contributed by atoms with Crippen molar-refractivity contribution < 1.29 is 87.6 Å². The smallest absolute Gasteiger partial charge is 0.331 e. The van der Waals surface area contributed by atoms with E-state index in [1.807, 2.05) is 0 Å². The van der Waals surface area contributed by atoms with Crippen molar-refractivity contribution in [3.63, 3.8) is 0 Å². The largest absolute Gasteiger partial charge is 0.504 e. The van der Waals surface area contributed by atoms with Gasteiger partial charge in [0.25, 0.3) is 0 Å². The predicted octanol–water partition coefficient (Wildman–Crippen LogP) is 0.298. The number of methoxy groups -OCH3 is 4. The number of ether oxygens (including phenoxy) is 9. The van der Waals surface area contributed by atoms with Gasteiger partial charge in [0.05, 0.1) is 41.7 Å². The Morgan fingerprint density at radius 2 is 1.46 bits per heavy atom. The molecule has 19 nitrogen and oxygen atoms in total. The molecule has 2 aliphatic heterocycles. The first-order valence-electron chi connectivity index (χ1n) is 16.9. The summed E-state index contributed by atoms with van der Waals surface area (Å²) < 4.78 is 54.9. The standard InChI is InChI=1S/C37H40O19/c1-47-16-11-20-26(32(44)27-18(53-20)6-7-19(48-2)30(27)42)21(12-16)54-36-34(46)33(45)31(43)24(55-36)14-52-37-35(28(40)17(38)13-51-37)56-25(39)8-5-15-9-22(49-3)29(41)23(10-15)50-4/h5-12,17,24,28,31,33-38,40-43,45-46H,13-14H2,1-4H3/t17-,24-,28+,31-,33+,34-,35-,36-,37+/m0/s1. The lowest BCUT2D eigenvalue weighted by molar-refractivity contribution is -0.308. The molecule has 2 saturated heterocycles. The highest BCUT2D eigenvalue weighted by atomic mass is 16.7. The minimum atomic E-state index is -1.89. The zero-order valence-electron chi connectivity index (χ0n) is 30.3. The van der Waals surface area contributed by atoms with Gasteiger partial charge >= 0.3 is 5.97 Å². The maximum absolute atomic E-state index is 13.8. The van der Waals surface area contributed by atoms with Crippen molar-refractivity contribution >= 4 is 34.0 Å². The van der Waals surface area contributed by atoms with Gasteiger partial charge in [0, 0.05) is 18.2 Å². The monoisotopic (exact) mass is 788 g/mol. The number of phenolic OH excluding ortho intramolecular Hbond substituents is 2. The molecular formula is C37H40O19. The van der Waals surface area contributed by atoms with Crippen molar-refractivity contribution in [1.82, 2.24) is 0 Å². The molecule has 56 heavy (non-hydrogen) atoms. The fourth-order valence-corrected chi connectivity index (χ4v) is 6.20. The number of hydrogen-bond donors (Lipinski definition) is 7. The number of carbonyl (C=O) groups excluding carboxylic acids is 1. The van der Waals surface area contributed by atoms with E-state index in [1.54, 1.807) is 0 Å². The fourth-order valence-electron chi connectivity index (χ4n) is 6.20. The summed E-state index contributed by atoms with van der Waals surface area (Å²) in [7, 11) is 5.30. The van der Waals surface area contributed by atoms with Crippen LogP contribution in [0.2, 0.25) is 0 Å². The molecule has 6 rings (SSSR count). The number of aliphatic hydroxyl groups excluding tert-OH is 5. The maximum atomic E-state index is 13.8. The average molecular weight is 789 g/mol. The van der Waals surface area contributed by atoms with Crippen LogP contribution >= 0.6 is 0 Å². The number of fused-ring (bicyclic) bond motifs is 2. The van der Waals surface area contributed by atoms with Gasteiger partial charge in [0.1, 0.15) is 70.1 Å². The number of benzene rings is 3. The summed E-state index contributed by atoms with van der Waals surface area (Å²) in [5.74, 6) is -1.70. The normalized spacial score (nSPS) is 26.6. The molecule has 3 heterocycles. The number of carbonyl (C=O) groups is 1. The van der Waals surface area contributed by atoms with E-state index in [1.165, 1.54) is 70.9 Å². The molecule has 1 aromatic heterocycles. The Labute approximate surface area is 316 Å². The van der Waals surface area contributed by atoms with Gasteiger partial charge in [-0.2, -0.15) is 0 Å². The Balaban J connectivity index is 1.21. The van der Waals surface area contributed by atoms with Crippen molar-refractivity contribution in [2.75, 3.05) is 41.7 Å². The van der Waals surface area contributed by atoms with Crippen LogP contribution in [-0.4, -0.2) is 139 Å². The number of esters is 1. The van der Waals surface area contributed by atoms with Crippen LogP contribution in [0.3, 0.4) is 0 Å². The summed E-state index contributed by atoms with van der Waals surface area (Å²) in [6, 6.07) is 8.36. The quantitative estimate of drug-likeness (QED) is 0.0578. The summed E-state index contributed by atoms with van der Waals surface area (Å²) >= 11 is 0. The van der Waals surface area contributed by atoms with Crippen LogP contribution in [0.15, 0.2) is 51.7 Å². The molecule has 3 aromatic carbocycles.